The van der Waals surface area contributed by atoms with Crippen LogP contribution in [0.4, 0.5) is 0 Å². The van der Waals surface area contributed by atoms with Gasteiger partial charge in [0.15, 0.2) is 5.65 Å². The normalized spacial score (nSPS) is 12.0. The van der Waals surface area contributed by atoms with E-state index in [1.54, 1.807) is 37.3 Å². The van der Waals surface area contributed by atoms with E-state index in [2.05, 4.69) is 26.0 Å². The number of sulfone groups is 1. The second-order valence-electron chi connectivity index (χ2n) is 5.04. The van der Waals surface area contributed by atoms with Crippen molar-refractivity contribution in [3.63, 3.8) is 0 Å². The number of aryl methyl sites for hydroxylation is 2. The minimum Gasteiger partial charge on any atom is -0.233 e. The first-order valence-electron chi connectivity index (χ1n) is 6.90. The Labute approximate surface area is 147 Å². The standard InChI is InChI=1S/C15H13BrClN3O2S/c1-3-12-14(15-18-9(2)8-13(17)20(15)19-12)23(21,22)11-6-4-10(16)5-7-11/h4-8H,3H2,1-2H3. The highest BCUT2D eigenvalue weighted by molar-refractivity contribution is 9.10. The zero-order valence-electron chi connectivity index (χ0n) is 12.4. The molecule has 0 saturated carbocycles. The van der Waals surface area contributed by atoms with Gasteiger partial charge in [-0.3, -0.25) is 0 Å². The van der Waals surface area contributed by atoms with Crippen molar-refractivity contribution in [3.8, 4) is 0 Å². The summed E-state index contributed by atoms with van der Waals surface area (Å²) in [6, 6.07) is 8.14. The van der Waals surface area contributed by atoms with E-state index in [0.29, 0.717) is 23.0 Å². The van der Waals surface area contributed by atoms with Crippen molar-refractivity contribution in [2.24, 2.45) is 0 Å². The van der Waals surface area contributed by atoms with E-state index in [4.69, 9.17) is 11.6 Å². The number of benzene rings is 1. The van der Waals surface area contributed by atoms with Crippen molar-refractivity contribution < 1.29 is 8.42 Å². The van der Waals surface area contributed by atoms with Gasteiger partial charge in [0.1, 0.15) is 10.0 Å². The number of nitrogens with zero attached hydrogens (tertiary/aromatic N) is 3. The Balaban J connectivity index is 2.36. The molecular formula is C15H13BrClN3O2S. The van der Waals surface area contributed by atoms with E-state index < -0.39 is 9.84 Å². The molecule has 0 amide bonds. The van der Waals surface area contributed by atoms with E-state index in [0.717, 1.165) is 4.47 Å². The van der Waals surface area contributed by atoms with Crippen molar-refractivity contribution in [2.45, 2.75) is 30.1 Å². The minimum absolute atomic E-state index is 0.118. The SMILES string of the molecule is CCc1nn2c(Cl)cc(C)nc2c1S(=O)(=O)c1ccc(Br)cc1. The zero-order valence-corrected chi connectivity index (χ0v) is 15.6. The van der Waals surface area contributed by atoms with Crippen LogP contribution in [0.25, 0.3) is 5.65 Å². The molecule has 1 aromatic carbocycles. The van der Waals surface area contributed by atoms with Crippen LogP contribution < -0.4 is 0 Å². The van der Waals surface area contributed by atoms with Crippen molar-refractivity contribution in [1.82, 2.24) is 14.6 Å². The van der Waals surface area contributed by atoms with Gasteiger partial charge in [0.25, 0.3) is 0 Å². The van der Waals surface area contributed by atoms with Crippen LogP contribution in [0, 0.1) is 6.92 Å². The van der Waals surface area contributed by atoms with Gasteiger partial charge in [-0.15, -0.1) is 0 Å². The topological polar surface area (TPSA) is 64.3 Å². The highest BCUT2D eigenvalue weighted by Gasteiger charge is 2.28. The lowest BCUT2D eigenvalue weighted by molar-refractivity contribution is 0.595. The average Bonchev–Trinajstić information content (AvgIpc) is 2.87. The molecule has 0 radical (unpaired) electrons. The number of halogens is 2. The lowest BCUT2D eigenvalue weighted by Crippen LogP contribution is -2.05. The Morgan fingerprint density at radius 3 is 2.52 bits per heavy atom. The van der Waals surface area contributed by atoms with Gasteiger partial charge in [-0.05, 0) is 43.7 Å². The average molecular weight is 415 g/mol. The first kappa shape index (κ1) is 16.4. The molecule has 23 heavy (non-hydrogen) atoms. The van der Waals surface area contributed by atoms with Crippen LogP contribution in [0.1, 0.15) is 18.3 Å². The van der Waals surface area contributed by atoms with Crippen LogP contribution >= 0.6 is 27.5 Å². The molecule has 2 heterocycles. The number of hydrogen-bond acceptors (Lipinski definition) is 4. The summed E-state index contributed by atoms with van der Waals surface area (Å²) in [5, 5.41) is 4.65. The van der Waals surface area contributed by atoms with E-state index >= 15 is 0 Å². The molecule has 0 atom stereocenters. The fraction of sp³-hybridized carbons (Fsp3) is 0.200. The molecule has 0 fully saturated rings. The molecule has 0 aliphatic heterocycles. The van der Waals surface area contributed by atoms with Crippen LogP contribution in [0.15, 0.2) is 44.6 Å². The summed E-state index contributed by atoms with van der Waals surface area (Å²) in [6.07, 6.45) is 0.462. The zero-order chi connectivity index (χ0) is 16.8. The van der Waals surface area contributed by atoms with E-state index in [1.165, 1.54) is 4.52 Å². The molecule has 0 aliphatic carbocycles. The van der Waals surface area contributed by atoms with Gasteiger partial charge in [-0.1, -0.05) is 34.5 Å². The maximum absolute atomic E-state index is 13.1. The molecule has 0 N–H and O–H groups in total. The quantitative estimate of drug-likeness (QED) is 0.611. The Hall–Kier alpha value is -1.44. The van der Waals surface area contributed by atoms with Gasteiger partial charge >= 0.3 is 0 Å². The summed E-state index contributed by atoms with van der Waals surface area (Å²) in [7, 11) is -3.74. The molecule has 120 valence electrons. The number of hydrogen-bond donors (Lipinski definition) is 0. The van der Waals surface area contributed by atoms with Gasteiger partial charge in [0.2, 0.25) is 9.84 Å². The van der Waals surface area contributed by atoms with Crippen LogP contribution in [0.5, 0.6) is 0 Å². The molecule has 0 bridgehead atoms. The third-order valence-electron chi connectivity index (χ3n) is 3.43. The lowest BCUT2D eigenvalue weighted by atomic mass is 10.3. The highest BCUT2D eigenvalue weighted by atomic mass is 79.9. The van der Waals surface area contributed by atoms with Gasteiger partial charge < -0.3 is 0 Å². The largest absolute Gasteiger partial charge is 0.233 e. The van der Waals surface area contributed by atoms with Crippen LogP contribution in [0.2, 0.25) is 5.15 Å². The summed E-state index contributed by atoms with van der Waals surface area (Å²) >= 11 is 9.49. The molecule has 3 aromatic rings. The maximum atomic E-state index is 13.1. The summed E-state index contributed by atoms with van der Waals surface area (Å²) in [5.41, 5.74) is 1.35. The Morgan fingerprint density at radius 1 is 1.26 bits per heavy atom. The lowest BCUT2D eigenvalue weighted by Gasteiger charge is -2.05. The highest BCUT2D eigenvalue weighted by Crippen LogP contribution is 2.30. The second kappa shape index (κ2) is 5.89. The Morgan fingerprint density at radius 2 is 1.91 bits per heavy atom. The third kappa shape index (κ3) is 2.77. The van der Waals surface area contributed by atoms with E-state index in [-0.39, 0.29) is 15.4 Å². The number of fused-ring (bicyclic) bond motifs is 1. The molecule has 8 heteroatoms. The monoisotopic (exact) mass is 413 g/mol. The summed E-state index contributed by atoms with van der Waals surface area (Å²) < 4.78 is 28.3. The molecule has 0 saturated heterocycles. The fourth-order valence-electron chi connectivity index (χ4n) is 2.36. The van der Waals surface area contributed by atoms with Gasteiger partial charge in [0.05, 0.1) is 10.6 Å². The smallest absolute Gasteiger partial charge is 0.212 e. The molecule has 0 unspecified atom stereocenters. The molecular weight excluding hydrogens is 402 g/mol. The minimum atomic E-state index is -3.74. The van der Waals surface area contributed by atoms with Crippen LogP contribution in [-0.2, 0) is 16.3 Å². The number of aromatic nitrogens is 3. The molecule has 0 spiro atoms. The van der Waals surface area contributed by atoms with Crippen molar-refractivity contribution in [2.75, 3.05) is 0 Å². The van der Waals surface area contributed by atoms with E-state index in [1.807, 2.05) is 6.92 Å². The van der Waals surface area contributed by atoms with E-state index in [9.17, 15) is 8.42 Å². The van der Waals surface area contributed by atoms with Crippen molar-refractivity contribution >= 4 is 43.0 Å². The molecule has 3 rings (SSSR count). The fourth-order valence-corrected chi connectivity index (χ4v) is 4.49. The summed E-state index contributed by atoms with van der Waals surface area (Å²) in [6.45, 7) is 3.61. The molecule has 2 aromatic heterocycles. The first-order chi connectivity index (χ1) is 10.8. The predicted molar refractivity (Wildman–Crippen MR) is 91.7 cm³/mol. The predicted octanol–water partition coefficient (Wildman–Crippen LogP) is 3.85. The molecule has 5 nitrogen and oxygen atoms in total. The van der Waals surface area contributed by atoms with Crippen molar-refractivity contribution in [1.29, 1.82) is 0 Å². The molecule has 0 aliphatic rings. The maximum Gasteiger partial charge on any atom is 0.212 e. The Kier molecular flexibility index (Phi) is 4.20. The second-order valence-corrected chi connectivity index (χ2v) is 8.23. The number of rotatable bonds is 3. The first-order valence-corrected chi connectivity index (χ1v) is 9.55. The van der Waals surface area contributed by atoms with Gasteiger partial charge in [-0.2, -0.15) is 5.10 Å². The van der Waals surface area contributed by atoms with Crippen molar-refractivity contribution in [3.05, 3.63) is 51.3 Å². The summed E-state index contributed by atoms with van der Waals surface area (Å²) in [4.78, 5) is 4.66. The van der Waals surface area contributed by atoms with Crippen LogP contribution in [-0.4, -0.2) is 23.0 Å². The third-order valence-corrected chi connectivity index (χ3v) is 6.07. The summed E-state index contributed by atoms with van der Waals surface area (Å²) in [5.74, 6) is 0. The van der Waals surface area contributed by atoms with Gasteiger partial charge in [-0.25, -0.2) is 17.9 Å². The van der Waals surface area contributed by atoms with Gasteiger partial charge in [0, 0.05) is 10.2 Å². The Bertz CT molecular complexity index is 998. The van der Waals surface area contributed by atoms with Crippen LogP contribution in [0.3, 0.4) is 0 Å².